The zero-order chi connectivity index (χ0) is 13.3. The standard InChI is InChI=1S/C11H21N7/c1-7-4-18(5-8(7)12)6-9-14-10(13)16-11(15-9)17(2)3/h7-8H,4-6,12H2,1-3H3,(H2,13,14,15,16). The van der Waals surface area contributed by atoms with Crippen molar-refractivity contribution in [2.45, 2.75) is 19.5 Å². The molecule has 1 aliphatic rings. The van der Waals surface area contributed by atoms with Crippen LogP contribution in [0.4, 0.5) is 11.9 Å². The molecule has 2 rings (SSSR count). The van der Waals surface area contributed by atoms with Gasteiger partial charge in [0.05, 0.1) is 6.54 Å². The summed E-state index contributed by atoms with van der Waals surface area (Å²) in [6.45, 7) is 4.69. The number of nitrogens with zero attached hydrogens (tertiary/aromatic N) is 5. The summed E-state index contributed by atoms with van der Waals surface area (Å²) >= 11 is 0. The Balaban J connectivity index is 2.10. The third kappa shape index (κ3) is 2.85. The first-order valence-electron chi connectivity index (χ1n) is 6.11. The SMILES string of the molecule is CC1CN(Cc2nc(N)nc(N(C)C)n2)CC1N. The lowest BCUT2D eigenvalue weighted by molar-refractivity contribution is 0.310. The van der Waals surface area contributed by atoms with Crippen molar-refractivity contribution in [1.82, 2.24) is 19.9 Å². The van der Waals surface area contributed by atoms with E-state index in [2.05, 4.69) is 26.8 Å². The van der Waals surface area contributed by atoms with E-state index >= 15 is 0 Å². The minimum atomic E-state index is 0.234. The van der Waals surface area contributed by atoms with E-state index in [0.717, 1.165) is 13.1 Å². The Kier molecular flexibility index (Phi) is 3.63. The van der Waals surface area contributed by atoms with Crippen molar-refractivity contribution in [3.05, 3.63) is 5.82 Å². The number of nitrogens with two attached hydrogens (primary N) is 2. The molecular weight excluding hydrogens is 230 g/mol. The van der Waals surface area contributed by atoms with Gasteiger partial charge in [-0.3, -0.25) is 4.90 Å². The molecular formula is C11H21N7. The second kappa shape index (κ2) is 5.03. The fourth-order valence-corrected chi connectivity index (χ4v) is 2.12. The Bertz CT molecular complexity index is 410. The van der Waals surface area contributed by atoms with Crippen LogP contribution < -0.4 is 16.4 Å². The number of hydrogen-bond donors (Lipinski definition) is 2. The van der Waals surface area contributed by atoms with Crippen molar-refractivity contribution >= 4 is 11.9 Å². The first-order valence-corrected chi connectivity index (χ1v) is 6.11. The summed E-state index contributed by atoms with van der Waals surface area (Å²) in [5, 5.41) is 0. The van der Waals surface area contributed by atoms with Gasteiger partial charge >= 0.3 is 0 Å². The van der Waals surface area contributed by atoms with Crippen LogP contribution >= 0.6 is 0 Å². The summed E-state index contributed by atoms with van der Waals surface area (Å²) in [5.41, 5.74) is 11.7. The maximum atomic E-state index is 6.00. The summed E-state index contributed by atoms with van der Waals surface area (Å²) in [5.74, 6) is 2.07. The molecule has 0 bridgehead atoms. The molecule has 0 radical (unpaired) electrons. The van der Waals surface area contributed by atoms with Crippen LogP contribution in [0.2, 0.25) is 0 Å². The van der Waals surface area contributed by atoms with E-state index in [1.54, 1.807) is 0 Å². The van der Waals surface area contributed by atoms with Crippen molar-refractivity contribution < 1.29 is 0 Å². The quantitative estimate of drug-likeness (QED) is 0.733. The highest BCUT2D eigenvalue weighted by molar-refractivity contribution is 5.32. The van der Waals surface area contributed by atoms with Crippen LogP contribution in [0.15, 0.2) is 0 Å². The molecule has 2 unspecified atom stereocenters. The van der Waals surface area contributed by atoms with E-state index in [9.17, 15) is 0 Å². The topological polar surface area (TPSA) is 97.2 Å². The van der Waals surface area contributed by atoms with E-state index in [1.165, 1.54) is 0 Å². The Hall–Kier alpha value is -1.47. The van der Waals surface area contributed by atoms with E-state index in [0.29, 0.717) is 24.2 Å². The molecule has 0 amide bonds. The monoisotopic (exact) mass is 251 g/mol. The Morgan fingerprint density at radius 1 is 1.28 bits per heavy atom. The lowest BCUT2D eigenvalue weighted by atomic mass is 10.1. The summed E-state index contributed by atoms with van der Waals surface area (Å²) in [6, 6.07) is 0.234. The molecule has 4 N–H and O–H groups in total. The predicted molar refractivity (Wildman–Crippen MR) is 71.0 cm³/mol. The molecule has 7 nitrogen and oxygen atoms in total. The van der Waals surface area contributed by atoms with Crippen LogP contribution in [0.5, 0.6) is 0 Å². The van der Waals surface area contributed by atoms with Gasteiger partial charge in [0.2, 0.25) is 11.9 Å². The molecule has 1 aromatic heterocycles. The first kappa shape index (κ1) is 13.0. The Morgan fingerprint density at radius 3 is 2.56 bits per heavy atom. The van der Waals surface area contributed by atoms with Gasteiger partial charge in [0.1, 0.15) is 5.82 Å². The summed E-state index contributed by atoms with van der Waals surface area (Å²) in [4.78, 5) is 16.7. The fraction of sp³-hybridized carbons (Fsp3) is 0.727. The van der Waals surface area contributed by atoms with Gasteiger partial charge in [0, 0.05) is 33.2 Å². The fourth-order valence-electron chi connectivity index (χ4n) is 2.12. The largest absolute Gasteiger partial charge is 0.368 e. The molecule has 0 aromatic carbocycles. The van der Waals surface area contributed by atoms with E-state index in [4.69, 9.17) is 11.5 Å². The molecule has 0 saturated carbocycles. The number of rotatable bonds is 3. The van der Waals surface area contributed by atoms with Crippen molar-refractivity contribution in [3.8, 4) is 0 Å². The van der Waals surface area contributed by atoms with Crippen LogP contribution in [0, 0.1) is 5.92 Å². The van der Waals surface area contributed by atoms with Gasteiger partial charge in [-0.1, -0.05) is 6.92 Å². The van der Waals surface area contributed by atoms with Gasteiger partial charge < -0.3 is 16.4 Å². The zero-order valence-corrected chi connectivity index (χ0v) is 11.2. The van der Waals surface area contributed by atoms with Crippen molar-refractivity contribution in [1.29, 1.82) is 0 Å². The van der Waals surface area contributed by atoms with Crippen LogP contribution in [0.1, 0.15) is 12.7 Å². The van der Waals surface area contributed by atoms with Gasteiger partial charge in [0.15, 0.2) is 0 Å². The summed E-state index contributed by atoms with van der Waals surface area (Å²) in [7, 11) is 3.76. The highest BCUT2D eigenvalue weighted by Crippen LogP contribution is 2.16. The maximum Gasteiger partial charge on any atom is 0.229 e. The molecule has 1 fully saturated rings. The van der Waals surface area contributed by atoms with Gasteiger partial charge in [-0.25, -0.2) is 0 Å². The van der Waals surface area contributed by atoms with Crippen LogP contribution in [0.25, 0.3) is 0 Å². The second-order valence-corrected chi connectivity index (χ2v) is 5.14. The average Bonchev–Trinajstić information content (AvgIpc) is 2.56. The number of nitrogen functional groups attached to an aromatic ring is 1. The molecule has 0 spiro atoms. The van der Waals surface area contributed by atoms with Crippen molar-refractivity contribution in [3.63, 3.8) is 0 Å². The molecule has 7 heteroatoms. The second-order valence-electron chi connectivity index (χ2n) is 5.14. The first-order chi connectivity index (χ1) is 8.45. The number of aromatic nitrogens is 3. The lowest BCUT2D eigenvalue weighted by Crippen LogP contribution is -2.29. The van der Waals surface area contributed by atoms with Crippen LogP contribution in [-0.2, 0) is 6.54 Å². The number of anilines is 2. The van der Waals surface area contributed by atoms with Gasteiger partial charge in [-0.15, -0.1) is 0 Å². The molecule has 0 aliphatic carbocycles. The number of hydrogen-bond acceptors (Lipinski definition) is 7. The molecule has 1 aromatic rings. The van der Waals surface area contributed by atoms with Crippen molar-refractivity contribution in [2.75, 3.05) is 37.8 Å². The van der Waals surface area contributed by atoms with Gasteiger partial charge in [-0.05, 0) is 5.92 Å². The number of likely N-dealkylation sites (tertiary alicyclic amines) is 1. The van der Waals surface area contributed by atoms with E-state index < -0.39 is 0 Å². The minimum Gasteiger partial charge on any atom is -0.368 e. The molecule has 2 heterocycles. The van der Waals surface area contributed by atoms with Gasteiger partial charge in [-0.2, -0.15) is 15.0 Å². The third-order valence-electron chi connectivity index (χ3n) is 3.20. The normalized spacial score (nSPS) is 24.4. The molecule has 100 valence electrons. The van der Waals surface area contributed by atoms with Crippen LogP contribution in [-0.4, -0.2) is 53.1 Å². The average molecular weight is 251 g/mol. The Labute approximate surface area is 107 Å². The van der Waals surface area contributed by atoms with Gasteiger partial charge in [0.25, 0.3) is 0 Å². The molecule has 1 saturated heterocycles. The van der Waals surface area contributed by atoms with E-state index in [-0.39, 0.29) is 12.0 Å². The molecule has 2 atom stereocenters. The highest BCUT2D eigenvalue weighted by Gasteiger charge is 2.27. The lowest BCUT2D eigenvalue weighted by Gasteiger charge is -2.16. The zero-order valence-electron chi connectivity index (χ0n) is 11.2. The third-order valence-corrected chi connectivity index (χ3v) is 3.20. The maximum absolute atomic E-state index is 6.00. The highest BCUT2D eigenvalue weighted by atomic mass is 15.3. The smallest absolute Gasteiger partial charge is 0.229 e. The molecule has 1 aliphatic heterocycles. The summed E-state index contributed by atoms with van der Waals surface area (Å²) < 4.78 is 0. The van der Waals surface area contributed by atoms with Crippen LogP contribution in [0.3, 0.4) is 0 Å². The van der Waals surface area contributed by atoms with E-state index in [1.807, 2.05) is 19.0 Å². The predicted octanol–water partition coefficient (Wildman–Crippen LogP) is -0.701. The molecule has 18 heavy (non-hydrogen) atoms. The van der Waals surface area contributed by atoms with Crippen molar-refractivity contribution in [2.24, 2.45) is 11.7 Å². The summed E-state index contributed by atoms with van der Waals surface area (Å²) in [6.07, 6.45) is 0. The minimum absolute atomic E-state index is 0.234. The Morgan fingerprint density at radius 2 is 2.00 bits per heavy atom.